The van der Waals surface area contributed by atoms with Gasteiger partial charge in [-0.3, -0.25) is 9.36 Å². The molecule has 0 spiro atoms. The van der Waals surface area contributed by atoms with Crippen molar-refractivity contribution in [2.45, 2.75) is 26.4 Å². The normalized spacial score (nSPS) is 10.9. The van der Waals surface area contributed by atoms with E-state index in [1.54, 1.807) is 18.6 Å². The molecule has 0 saturated heterocycles. The van der Waals surface area contributed by atoms with E-state index in [1.807, 2.05) is 18.4 Å². The summed E-state index contributed by atoms with van der Waals surface area (Å²) in [4.78, 5) is 23.8. The van der Waals surface area contributed by atoms with Crippen molar-refractivity contribution in [3.8, 4) is 17.3 Å². The van der Waals surface area contributed by atoms with Gasteiger partial charge >= 0.3 is 0 Å². The molecule has 1 N–H and O–H groups in total. The van der Waals surface area contributed by atoms with Gasteiger partial charge in [-0.05, 0) is 0 Å². The molecular weight excluding hydrogens is 339 g/mol. The molecule has 0 aliphatic heterocycles. The zero-order valence-electron chi connectivity index (χ0n) is 14.3. The number of carbonyl (C=O) groups excluding carboxylic acids is 1. The number of nitrogens with zero attached hydrogens (tertiary/aromatic N) is 4. The lowest BCUT2D eigenvalue weighted by molar-refractivity contribution is 0.111. The van der Waals surface area contributed by atoms with Crippen LogP contribution < -0.4 is 4.74 Å². The van der Waals surface area contributed by atoms with Gasteiger partial charge in [-0.2, -0.15) is 0 Å². The summed E-state index contributed by atoms with van der Waals surface area (Å²) < 4.78 is 20.9. The van der Waals surface area contributed by atoms with Gasteiger partial charge in [0.25, 0.3) is 0 Å². The molecule has 0 fully saturated rings. The standard InChI is InChI=1S/C18H17FN4O3/c1-11(2)17-21-3-4-23(17)18-12(7-20-10-22-18)9-26-16-6-13(19)5-15(25)14(16)8-24/h3-8,10-11,25H,9H2,1-2H3. The second-order valence-corrected chi connectivity index (χ2v) is 5.92. The van der Waals surface area contributed by atoms with Crippen LogP contribution in [0.15, 0.2) is 37.1 Å². The summed E-state index contributed by atoms with van der Waals surface area (Å²) in [5.74, 6) is 0.342. The van der Waals surface area contributed by atoms with E-state index in [-0.39, 0.29) is 23.8 Å². The van der Waals surface area contributed by atoms with E-state index in [0.29, 0.717) is 17.7 Å². The molecule has 0 saturated carbocycles. The Bertz CT molecular complexity index is 940. The first-order chi connectivity index (χ1) is 12.5. The van der Waals surface area contributed by atoms with Gasteiger partial charge in [0.05, 0.1) is 11.1 Å². The lowest BCUT2D eigenvalue weighted by Crippen LogP contribution is -2.10. The maximum Gasteiger partial charge on any atom is 0.157 e. The number of benzene rings is 1. The third-order valence-electron chi connectivity index (χ3n) is 3.76. The predicted molar refractivity (Wildman–Crippen MR) is 91.0 cm³/mol. The van der Waals surface area contributed by atoms with Gasteiger partial charge in [-0.25, -0.2) is 19.3 Å². The van der Waals surface area contributed by atoms with E-state index in [9.17, 15) is 14.3 Å². The molecule has 0 atom stereocenters. The van der Waals surface area contributed by atoms with Crippen molar-refractivity contribution in [3.05, 3.63) is 59.8 Å². The minimum atomic E-state index is -0.704. The number of phenolic OH excluding ortho intramolecular Hbond substituents is 1. The van der Waals surface area contributed by atoms with Crippen LogP contribution in [0, 0.1) is 5.82 Å². The number of carbonyl (C=O) groups is 1. The van der Waals surface area contributed by atoms with Crippen molar-refractivity contribution in [1.82, 2.24) is 19.5 Å². The monoisotopic (exact) mass is 356 g/mol. The molecule has 0 aliphatic rings. The summed E-state index contributed by atoms with van der Waals surface area (Å²) in [7, 11) is 0. The van der Waals surface area contributed by atoms with Crippen molar-refractivity contribution in [2.75, 3.05) is 0 Å². The number of aromatic nitrogens is 4. The maximum atomic E-state index is 13.5. The molecule has 2 aromatic heterocycles. The number of halogens is 1. The van der Waals surface area contributed by atoms with Crippen molar-refractivity contribution in [3.63, 3.8) is 0 Å². The largest absolute Gasteiger partial charge is 0.507 e. The summed E-state index contributed by atoms with van der Waals surface area (Å²) in [6, 6.07) is 1.90. The highest BCUT2D eigenvalue weighted by Crippen LogP contribution is 2.28. The fourth-order valence-corrected chi connectivity index (χ4v) is 2.56. The second kappa shape index (κ2) is 7.30. The first-order valence-corrected chi connectivity index (χ1v) is 7.94. The Kier molecular flexibility index (Phi) is 4.92. The maximum absolute atomic E-state index is 13.5. The van der Waals surface area contributed by atoms with Crippen LogP contribution in [0.2, 0.25) is 0 Å². The van der Waals surface area contributed by atoms with Crippen LogP contribution in [0.5, 0.6) is 11.5 Å². The van der Waals surface area contributed by atoms with Crippen LogP contribution in [-0.2, 0) is 6.61 Å². The van der Waals surface area contributed by atoms with E-state index in [4.69, 9.17) is 4.74 Å². The Morgan fingerprint density at radius 3 is 2.88 bits per heavy atom. The summed E-state index contributed by atoms with van der Waals surface area (Å²) in [5.41, 5.74) is 0.503. The smallest absolute Gasteiger partial charge is 0.157 e. The molecule has 2 heterocycles. The topological polar surface area (TPSA) is 90.1 Å². The molecule has 0 aliphatic carbocycles. The Balaban J connectivity index is 1.93. The van der Waals surface area contributed by atoms with Crippen LogP contribution in [0.1, 0.15) is 41.5 Å². The first kappa shape index (κ1) is 17.5. The SMILES string of the molecule is CC(C)c1nccn1-c1ncncc1COc1cc(F)cc(O)c1C=O. The fraction of sp³-hybridized carbons (Fsp3) is 0.222. The Morgan fingerprint density at radius 1 is 1.35 bits per heavy atom. The molecule has 8 heteroatoms. The third kappa shape index (κ3) is 3.39. The van der Waals surface area contributed by atoms with Crippen molar-refractivity contribution in [2.24, 2.45) is 0 Å². The number of hydrogen-bond donors (Lipinski definition) is 1. The molecule has 0 amide bonds. The van der Waals surface area contributed by atoms with E-state index in [0.717, 1.165) is 18.0 Å². The van der Waals surface area contributed by atoms with Gasteiger partial charge in [0.15, 0.2) is 6.29 Å². The van der Waals surface area contributed by atoms with Gasteiger partial charge in [-0.1, -0.05) is 13.8 Å². The lowest BCUT2D eigenvalue weighted by atomic mass is 10.2. The molecule has 134 valence electrons. The van der Waals surface area contributed by atoms with Gasteiger partial charge in [-0.15, -0.1) is 0 Å². The van der Waals surface area contributed by atoms with Crippen molar-refractivity contribution >= 4 is 6.29 Å². The fourth-order valence-electron chi connectivity index (χ4n) is 2.56. The van der Waals surface area contributed by atoms with Crippen LogP contribution >= 0.6 is 0 Å². The van der Waals surface area contributed by atoms with E-state index in [2.05, 4.69) is 15.0 Å². The first-order valence-electron chi connectivity index (χ1n) is 7.94. The number of hydrogen-bond acceptors (Lipinski definition) is 6. The molecule has 3 rings (SSSR count). The van der Waals surface area contributed by atoms with Gasteiger partial charge in [0, 0.05) is 36.6 Å². The molecule has 1 aromatic carbocycles. The van der Waals surface area contributed by atoms with Gasteiger partial charge in [0.1, 0.15) is 41.9 Å². The predicted octanol–water partition coefficient (Wildman–Crippen LogP) is 3.02. The quantitative estimate of drug-likeness (QED) is 0.683. The van der Waals surface area contributed by atoms with Crippen molar-refractivity contribution < 1.29 is 19.0 Å². The highest BCUT2D eigenvalue weighted by molar-refractivity contribution is 5.83. The van der Waals surface area contributed by atoms with E-state index >= 15 is 0 Å². The summed E-state index contributed by atoms with van der Waals surface area (Å²) in [6.45, 7) is 4.01. The molecule has 3 aromatic rings. The van der Waals surface area contributed by atoms with Gasteiger partial charge in [0.2, 0.25) is 0 Å². The van der Waals surface area contributed by atoms with E-state index < -0.39 is 11.6 Å². The zero-order chi connectivity index (χ0) is 18.7. The van der Waals surface area contributed by atoms with Crippen LogP contribution in [0.4, 0.5) is 4.39 Å². The number of imidazole rings is 1. The molecule has 0 unspecified atom stereocenters. The number of aromatic hydroxyl groups is 1. The average molecular weight is 356 g/mol. The van der Waals surface area contributed by atoms with Crippen LogP contribution in [-0.4, -0.2) is 30.9 Å². The zero-order valence-corrected chi connectivity index (χ0v) is 14.3. The molecule has 0 radical (unpaired) electrons. The van der Waals surface area contributed by atoms with Crippen LogP contribution in [0.25, 0.3) is 5.82 Å². The third-order valence-corrected chi connectivity index (χ3v) is 3.76. The second-order valence-electron chi connectivity index (χ2n) is 5.92. The Morgan fingerprint density at radius 2 is 2.15 bits per heavy atom. The molecule has 26 heavy (non-hydrogen) atoms. The highest BCUT2D eigenvalue weighted by atomic mass is 19.1. The summed E-state index contributed by atoms with van der Waals surface area (Å²) in [6.07, 6.45) is 6.86. The number of ether oxygens (including phenoxy) is 1. The summed E-state index contributed by atoms with van der Waals surface area (Å²) >= 11 is 0. The minimum absolute atomic E-state index is 0.0182. The number of aldehydes is 1. The summed E-state index contributed by atoms with van der Waals surface area (Å²) in [5, 5.41) is 9.68. The number of rotatable bonds is 6. The minimum Gasteiger partial charge on any atom is -0.507 e. The lowest BCUT2D eigenvalue weighted by Gasteiger charge is -2.14. The average Bonchev–Trinajstić information content (AvgIpc) is 3.09. The Hall–Kier alpha value is -3.29. The van der Waals surface area contributed by atoms with Crippen LogP contribution in [0.3, 0.4) is 0 Å². The van der Waals surface area contributed by atoms with Gasteiger partial charge < -0.3 is 9.84 Å². The van der Waals surface area contributed by atoms with Crippen molar-refractivity contribution in [1.29, 1.82) is 0 Å². The molecule has 7 nitrogen and oxygen atoms in total. The molecular formula is C18H17FN4O3. The Labute approximate surface area is 149 Å². The number of phenols is 1. The highest BCUT2D eigenvalue weighted by Gasteiger charge is 2.16. The van der Waals surface area contributed by atoms with E-state index in [1.165, 1.54) is 6.33 Å². The molecule has 0 bridgehead atoms.